The van der Waals surface area contributed by atoms with Crippen LogP contribution in [-0.2, 0) is 4.79 Å². The summed E-state index contributed by atoms with van der Waals surface area (Å²) in [6.07, 6.45) is 0.904. The summed E-state index contributed by atoms with van der Waals surface area (Å²) >= 11 is 1.03. The highest BCUT2D eigenvalue weighted by atomic mass is 32.1. The zero-order valence-electron chi connectivity index (χ0n) is 16.7. The minimum atomic E-state index is -0.630. The number of nitrogens with zero attached hydrogens (tertiary/aromatic N) is 4. The van der Waals surface area contributed by atoms with Crippen molar-refractivity contribution < 1.29 is 23.9 Å². The Hall–Kier alpha value is -3.21. The van der Waals surface area contributed by atoms with Gasteiger partial charge in [0.25, 0.3) is 11.8 Å². The summed E-state index contributed by atoms with van der Waals surface area (Å²) in [5.74, 6) is 0.374. The van der Waals surface area contributed by atoms with Crippen LogP contribution in [0, 0.1) is 6.92 Å². The fourth-order valence-electron chi connectivity index (χ4n) is 3.78. The molecule has 2 aromatic rings. The lowest BCUT2D eigenvalue weighted by molar-refractivity contribution is -0.120. The molecule has 158 valence electrons. The number of piperidine rings is 1. The monoisotopic (exact) mass is 431 g/mol. The predicted molar refractivity (Wildman–Crippen MR) is 108 cm³/mol. The van der Waals surface area contributed by atoms with E-state index in [0.29, 0.717) is 47.1 Å². The van der Waals surface area contributed by atoms with Gasteiger partial charge in [0, 0.05) is 30.8 Å². The van der Waals surface area contributed by atoms with Crippen molar-refractivity contribution in [2.45, 2.75) is 31.8 Å². The number of methoxy groups -OCH3 is 2. The van der Waals surface area contributed by atoms with Crippen LogP contribution in [0.3, 0.4) is 0 Å². The first kappa shape index (κ1) is 20.1. The Bertz CT molecular complexity index is 987. The van der Waals surface area contributed by atoms with Crippen molar-refractivity contribution in [1.82, 2.24) is 19.8 Å². The summed E-state index contributed by atoms with van der Waals surface area (Å²) in [6, 6.07) is 3.67. The molecule has 10 nitrogen and oxygen atoms in total. The largest absolute Gasteiger partial charge is 0.497 e. The lowest BCUT2D eigenvalue weighted by atomic mass is 9.98. The second-order valence-electron chi connectivity index (χ2n) is 7.12. The minimum absolute atomic E-state index is 0.225. The number of ether oxygens (including phenoxy) is 2. The van der Waals surface area contributed by atoms with Crippen molar-refractivity contribution >= 4 is 35.1 Å². The third-order valence-corrected chi connectivity index (χ3v) is 6.16. The third-order valence-electron chi connectivity index (χ3n) is 5.33. The highest BCUT2D eigenvalue weighted by Crippen LogP contribution is 2.35. The summed E-state index contributed by atoms with van der Waals surface area (Å²) in [6.45, 7) is 2.10. The van der Waals surface area contributed by atoms with Crippen molar-refractivity contribution in [3.05, 3.63) is 28.8 Å². The van der Waals surface area contributed by atoms with Gasteiger partial charge in [0.15, 0.2) is 0 Å². The van der Waals surface area contributed by atoms with E-state index >= 15 is 0 Å². The predicted octanol–water partition coefficient (Wildman–Crippen LogP) is 1.59. The van der Waals surface area contributed by atoms with Crippen LogP contribution in [0.5, 0.6) is 11.5 Å². The zero-order valence-corrected chi connectivity index (χ0v) is 17.6. The number of hydrogen-bond acceptors (Lipinski definition) is 8. The van der Waals surface area contributed by atoms with E-state index < -0.39 is 6.04 Å². The van der Waals surface area contributed by atoms with Crippen LogP contribution in [0.2, 0.25) is 0 Å². The average Bonchev–Trinajstić information content (AvgIpc) is 3.28. The molecule has 11 heteroatoms. The van der Waals surface area contributed by atoms with E-state index in [0.717, 1.165) is 16.4 Å². The molecule has 2 aliphatic rings. The molecular formula is C19H21N5O5S. The van der Waals surface area contributed by atoms with E-state index in [1.54, 1.807) is 30.0 Å². The van der Waals surface area contributed by atoms with Crippen LogP contribution < -0.4 is 19.7 Å². The standard InChI is InChI=1S/C19H21N5O5S/c1-10-16(30-22-21-10)17(25)20-11-4-5-23-15(6-11)18(26)24(19(23)27)12-7-13(28-2)9-14(8-12)29-3/h7-9,11,15H,4-6H2,1-3H3,(H,20,25)/t11-,15+/m1/s1. The molecule has 2 saturated heterocycles. The lowest BCUT2D eigenvalue weighted by Gasteiger charge is -2.32. The molecule has 0 spiro atoms. The van der Waals surface area contributed by atoms with Crippen molar-refractivity contribution in [2.24, 2.45) is 0 Å². The SMILES string of the molecule is COc1cc(OC)cc(N2C(=O)[C@@H]3C[C@H](NC(=O)c4snnc4C)CCN3C2=O)c1. The molecule has 1 aromatic carbocycles. The van der Waals surface area contributed by atoms with Gasteiger partial charge in [-0.2, -0.15) is 0 Å². The minimum Gasteiger partial charge on any atom is -0.497 e. The van der Waals surface area contributed by atoms with Gasteiger partial charge < -0.3 is 19.7 Å². The van der Waals surface area contributed by atoms with Crippen LogP contribution in [0.25, 0.3) is 0 Å². The van der Waals surface area contributed by atoms with Crippen LogP contribution in [0.1, 0.15) is 28.2 Å². The van der Waals surface area contributed by atoms with Crippen LogP contribution >= 0.6 is 11.5 Å². The van der Waals surface area contributed by atoms with E-state index in [1.165, 1.54) is 14.2 Å². The van der Waals surface area contributed by atoms with Gasteiger partial charge >= 0.3 is 6.03 Å². The summed E-state index contributed by atoms with van der Waals surface area (Å²) in [7, 11) is 3.01. The molecule has 3 heterocycles. The summed E-state index contributed by atoms with van der Waals surface area (Å²) < 4.78 is 14.3. The molecule has 0 bridgehead atoms. The topological polar surface area (TPSA) is 114 Å². The Kier molecular flexibility index (Phi) is 5.29. The first-order chi connectivity index (χ1) is 14.4. The van der Waals surface area contributed by atoms with Crippen LogP contribution in [0.15, 0.2) is 18.2 Å². The molecule has 2 fully saturated rings. The summed E-state index contributed by atoms with van der Waals surface area (Å²) in [5, 5.41) is 6.80. The van der Waals surface area contributed by atoms with Gasteiger partial charge in [0.1, 0.15) is 22.4 Å². The van der Waals surface area contributed by atoms with E-state index in [1.807, 2.05) is 0 Å². The first-order valence-corrected chi connectivity index (χ1v) is 10.2. The number of benzene rings is 1. The molecule has 1 N–H and O–H groups in total. The number of aromatic nitrogens is 2. The molecule has 4 amide bonds. The quantitative estimate of drug-likeness (QED) is 0.715. The van der Waals surface area contributed by atoms with Crippen molar-refractivity contribution in [3.8, 4) is 11.5 Å². The van der Waals surface area contributed by atoms with Gasteiger partial charge in [-0.3, -0.25) is 9.59 Å². The molecule has 0 radical (unpaired) electrons. The van der Waals surface area contributed by atoms with E-state index in [4.69, 9.17) is 9.47 Å². The van der Waals surface area contributed by atoms with Gasteiger partial charge in [-0.05, 0) is 31.3 Å². The molecule has 4 rings (SSSR count). The molecule has 0 saturated carbocycles. The highest BCUT2D eigenvalue weighted by molar-refractivity contribution is 7.08. The number of carbonyl (C=O) groups excluding carboxylic acids is 3. The number of nitrogens with one attached hydrogen (secondary N) is 1. The smallest absolute Gasteiger partial charge is 0.332 e. The Morgan fingerprint density at radius 2 is 1.90 bits per heavy atom. The molecule has 0 aliphatic carbocycles. The molecular weight excluding hydrogens is 410 g/mol. The maximum atomic E-state index is 13.1. The number of fused-ring (bicyclic) bond motifs is 1. The third kappa shape index (κ3) is 3.45. The second kappa shape index (κ2) is 7.90. The second-order valence-corrected chi connectivity index (χ2v) is 7.87. The maximum Gasteiger partial charge on any atom is 0.332 e. The number of hydrogen-bond donors (Lipinski definition) is 1. The number of anilines is 1. The van der Waals surface area contributed by atoms with Gasteiger partial charge in [0.05, 0.1) is 25.6 Å². The highest BCUT2D eigenvalue weighted by Gasteiger charge is 2.49. The summed E-state index contributed by atoms with van der Waals surface area (Å²) in [5.41, 5.74) is 0.961. The Morgan fingerprint density at radius 3 is 2.50 bits per heavy atom. The number of aryl methyl sites for hydroxylation is 1. The number of imide groups is 1. The first-order valence-electron chi connectivity index (χ1n) is 9.40. The number of urea groups is 1. The fourth-order valence-corrected chi connectivity index (χ4v) is 4.34. The Morgan fingerprint density at radius 1 is 1.20 bits per heavy atom. The van der Waals surface area contributed by atoms with Gasteiger partial charge in [-0.15, -0.1) is 5.10 Å². The number of carbonyl (C=O) groups is 3. The zero-order chi connectivity index (χ0) is 21.4. The van der Waals surface area contributed by atoms with Gasteiger partial charge in [-0.1, -0.05) is 4.49 Å². The number of amides is 4. The molecule has 2 aliphatic heterocycles. The lowest BCUT2D eigenvalue weighted by Crippen LogP contribution is -2.49. The van der Waals surface area contributed by atoms with E-state index in [9.17, 15) is 14.4 Å². The molecule has 1 aromatic heterocycles. The van der Waals surface area contributed by atoms with Crippen molar-refractivity contribution in [2.75, 3.05) is 25.7 Å². The fraction of sp³-hybridized carbons (Fsp3) is 0.421. The molecule has 30 heavy (non-hydrogen) atoms. The van der Waals surface area contributed by atoms with Crippen molar-refractivity contribution in [1.29, 1.82) is 0 Å². The molecule has 0 unspecified atom stereocenters. The molecule has 2 atom stereocenters. The van der Waals surface area contributed by atoms with Gasteiger partial charge in [0.2, 0.25) is 0 Å². The Labute approximate surface area is 176 Å². The van der Waals surface area contributed by atoms with Crippen molar-refractivity contribution in [3.63, 3.8) is 0 Å². The van der Waals surface area contributed by atoms with E-state index in [-0.39, 0.29) is 23.9 Å². The average molecular weight is 431 g/mol. The Balaban J connectivity index is 1.52. The van der Waals surface area contributed by atoms with Crippen LogP contribution in [0.4, 0.5) is 10.5 Å². The van der Waals surface area contributed by atoms with Crippen LogP contribution in [-0.4, -0.2) is 65.2 Å². The number of rotatable bonds is 5. The van der Waals surface area contributed by atoms with E-state index in [2.05, 4.69) is 14.9 Å². The van der Waals surface area contributed by atoms with Gasteiger partial charge in [-0.25, -0.2) is 9.69 Å². The summed E-state index contributed by atoms with van der Waals surface area (Å²) in [4.78, 5) is 41.7. The normalized spacial score (nSPS) is 20.9. The maximum absolute atomic E-state index is 13.1.